The molecule has 1 heterocycles. The first-order valence-corrected chi connectivity index (χ1v) is 5.86. The highest BCUT2D eigenvalue weighted by Crippen LogP contribution is 2.24. The maximum atomic E-state index is 5.73. The Morgan fingerprint density at radius 2 is 2.40 bits per heavy atom. The molecule has 0 saturated heterocycles. The average molecular weight is 208 g/mol. The van der Waals surface area contributed by atoms with Crippen LogP contribution < -0.4 is 11.1 Å². The molecule has 0 aromatic carbocycles. The molecule has 1 aromatic rings. The van der Waals surface area contributed by atoms with Gasteiger partial charge in [0.2, 0.25) is 0 Å². The topological polar surface area (TPSA) is 51.2 Å². The standard InChI is InChI=1S/C12H20N2O/c13-9-10-3-1-5-12(10)14-7-6-11-4-2-8-15-11/h2,4,8,10,12,14H,1,3,5-7,9,13H2. The lowest BCUT2D eigenvalue weighted by Crippen LogP contribution is -2.37. The van der Waals surface area contributed by atoms with Gasteiger partial charge in [0.15, 0.2) is 0 Å². The Kier molecular flexibility index (Phi) is 3.80. The molecule has 3 nitrogen and oxygen atoms in total. The molecule has 0 bridgehead atoms. The number of nitrogens with two attached hydrogens (primary N) is 1. The van der Waals surface area contributed by atoms with E-state index in [2.05, 4.69) is 5.32 Å². The summed E-state index contributed by atoms with van der Waals surface area (Å²) in [7, 11) is 0. The van der Waals surface area contributed by atoms with Crippen LogP contribution in [0.2, 0.25) is 0 Å². The largest absolute Gasteiger partial charge is 0.469 e. The molecular formula is C12H20N2O. The first-order chi connectivity index (χ1) is 7.40. The Balaban J connectivity index is 1.69. The summed E-state index contributed by atoms with van der Waals surface area (Å²) in [5.74, 6) is 1.74. The van der Waals surface area contributed by atoms with Crippen molar-refractivity contribution in [3.8, 4) is 0 Å². The minimum absolute atomic E-state index is 0.630. The molecule has 1 fully saturated rings. The third-order valence-corrected chi connectivity index (χ3v) is 3.32. The zero-order valence-corrected chi connectivity index (χ0v) is 9.11. The van der Waals surface area contributed by atoms with Crippen molar-refractivity contribution in [3.63, 3.8) is 0 Å². The molecule has 0 amide bonds. The predicted octanol–water partition coefficient (Wildman–Crippen LogP) is 1.54. The van der Waals surface area contributed by atoms with Crippen molar-refractivity contribution >= 4 is 0 Å². The van der Waals surface area contributed by atoms with Crippen LogP contribution in [-0.2, 0) is 6.42 Å². The molecule has 1 aliphatic carbocycles. The number of hydrogen-bond donors (Lipinski definition) is 2. The number of nitrogens with one attached hydrogen (secondary N) is 1. The third-order valence-electron chi connectivity index (χ3n) is 3.32. The van der Waals surface area contributed by atoms with Gasteiger partial charge in [-0.05, 0) is 37.4 Å². The highest BCUT2D eigenvalue weighted by Gasteiger charge is 2.24. The van der Waals surface area contributed by atoms with Crippen LogP contribution in [0.4, 0.5) is 0 Å². The summed E-state index contributed by atoms with van der Waals surface area (Å²) in [5, 5.41) is 3.58. The fourth-order valence-corrected chi connectivity index (χ4v) is 2.42. The van der Waals surface area contributed by atoms with E-state index in [9.17, 15) is 0 Å². The van der Waals surface area contributed by atoms with Gasteiger partial charge in [-0.15, -0.1) is 0 Å². The van der Waals surface area contributed by atoms with Gasteiger partial charge >= 0.3 is 0 Å². The summed E-state index contributed by atoms with van der Waals surface area (Å²) in [6.07, 6.45) is 6.59. The van der Waals surface area contributed by atoms with Gasteiger partial charge in [0.05, 0.1) is 6.26 Å². The molecule has 1 aromatic heterocycles. The van der Waals surface area contributed by atoms with E-state index in [0.717, 1.165) is 25.3 Å². The molecule has 2 rings (SSSR count). The monoisotopic (exact) mass is 208 g/mol. The fourth-order valence-electron chi connectivity index (χ4n) is 2.42. The molecule has 0 aliphatic heterocycles. The van der Waals surface area contributed by atoms with Crippen molar-refractivity contribution in [3.05, 3.63) is 24.2 Å². The van der Waals surface area contributed by atoms with Crippen molar-refractivity contribution in [2.45, 2.75) is 31.7 Å². The molecule has 0 radical (unpaired) electrons. The van der Waals surface area contributed by atoms with Gasteiger partial charge in [-0.1, -0.05) is 6.42 Å². The minimum Gasteiger partial charge on any atom is -0.469 e. The van der Waals surface area contributed by atoms with Crippen LogP contribution in [0.25, 0.3) is 0 Å². The zero-order chi connectivity index (χ0) is 10.5. The molecule has 84 valence electrons. The molecule has 3 N–H and O–H groups in total. The second kappa shape index (κ2) is 5.33. The van der Waals surface area contributed by atoms with Crippen LogP contribution in [0.5, 0.6) is 0 Å². The van der Waals surface area contributed by atoms with Gasteiger partial charge in [-0.25, -0.2) is 0 Å². The van der Waals surface area contributed by atoms with Crippen LogP contribution >= 0.6 is 0 Å². The summed E-state index contributed by atoms with van der Waals surface area (Å²) < 4.78 is 5.29. The van der Waals surface area contributed by atoms with Crippen molar-refractivity contribution in [1.29, 1.82) is 0 Å². The van der Waals surface area contributed by atoms with E-state index in [4.69, 9.17) is 10.2 Å². The smallest absolute Gasteiger partial charge is 0.105 e. The lowest BCUT2D eigenvalue weighted by atomic mass is 10.0. The summed E-state index contributed by atoms with van der Waals surface area (Å²) >= 11 is 0. The van der Waals surface area contributed by atoms with E-state index in [1.807, 2.05) is 12.1 Å². The fraction of sp³-hybridized carbons (Fsp3) is 0.667. The normalized spacial score (nSPS) is 25.9. The van der Waals surface area contributed by atoms with Crippen molar-refractivity contribution < 1.29 is 4.42 Å². The van der Waals surface area contributed by atoms with Crippen molar-refractivity contribution in [2.75, 3.05) is 13.1 Å². The van der Waals surface area contributed by atoms with Crippen molar-refractivity contribution in [2.24, 2.45) is 11.7 Å². The molecule has 2 atom stereocenters. The zero-order valence-electron chi connectivity index (χ0n) is 9.11. The van der Waals surface area contributed by atoms with Gasteiger partial charge in [0.25, 0.3) is 0 Å². The van der Waals surface area contributed by atoms with Gasteiger partial charge in [-0.3, -0.25) is 0 Å². The summed E-state index contributed by atoms with van der Waals surface area (Å²) in [6.45, 7) is 1.81. The lowest BCUT2D eigenvalue weighted by molar-refractivity contribution is 0.401. The number of hydrogen-bond acceptors (Lipinski definition) is 3. The highest BCUT2D eigenvalue weighted by atomic mass is 16.3. The van der Waals surface area contributed by atoms with E-state index >= 15 is 0 Å². The second-order valence-electron chi connectivity index (χ2n) is 4.32. The Morgan fingerprint density at radius 1 is 1.47 bits per heavy atom. The van der Waals surface area contributed by atoms with E-state index < -0.39 is 0 Å². The maximum absolute atomic E-state index is 5.73. The van der Waals surface area contributed by atoms with Gasteiger partial charge in [0.1, 0.15) is 5.76 Å². The molecule has 15 heavy (non-hydrogen) atoms. The van der Waals surface area contributed by atoms with Crippen molar-refractivity contribution in [1.82, 2.24) is 5.32 Å². The first-order valence-electron chi connectivity index (χ1n) is 5.86. The molecule has 1 saturated carbocycles. The van der Waals surface area contributed by atoms with E-state index in [-0.39, 0.29) is 0 Å². The highest BCUT2D eigenvalue weighted by molar-refractivity contribution is 4.98. The number of rotatable bonds is 5. The molecular weight excluding hydrogens is 188 g/mol. The Hall–Kier alpha value is -0.800. The SMILES string of the molecule is NCC1CCCC1NCCc1ccco1. The van der Waals surface area contributed by atoms with Crippen LogP contribution in [0.3, 0.4) is 0 Å². The van der Waals surface area contributed by atoms with Gasteiger partial charge in [-0.2, -0.15) is 0 Å². The first kappa shape index (κ1) is 10.7. The van der Waals surface area contributed by atoms with E-state index in [1.165, 1.54) is 19.3 Å². The quantitative estimate of drug-likeness (QED) is 0.771. The summed E-state index contributed by atoms with van der Waals surface area (Å²) in [5.41, 5.74) is 5.73. The van der Waals surface area contributed by atoms with Crippen LogP contribution in [0.15, 0.2) is 22.8 Å². The number of furan rings is 1. The Bertz CT molecular complexity index is 271. The Morgan fingerprint density at radius 3 is 3.13 bits per heavy atom. The molecule has 1 aliphatic rings. The summed E-state index contributed by atoms with van der Waals surface area (Å²) in [4.78, 5) is 0. The average Bonchev–Trinajstić information content (AvgIpc) is 2.88. The maximum Gasteiger partial charge on any atom is 0.105 e. The Labute approximate surface area is 91.0 Å². The van der Waals surface area contributed by atoms with Gasteiger partial charge in [0, 0.05) is 19.0 Å². The van der Waals surface area contributed by atoms with Crippen LogP contribution in [0, 0.1) is 5.92 Å². The van der Waals surface area contributed by atoms with E-state index in [0.29, 0.717) is 12.0 Å². The molecule has 2 unspecified atom stereocenters. The molecule has 0 spiro atoms. The lowest BCUT2D eigenvalue weighted by Gasteiger charge is -2.18. The van der Waals surface area contributed by atoms with E-state index in [1.54, 1.807) is 6.26 Å². The third kappa shape index (κ3) is 2.83. The van der Waals surface area contributed by atoms with Crippen LogP contribution in [0.1, 0.15) is 25.0 Å². The van der Waals surface area contributed by atoms with Gasteiger partial charge < -0.3 is 15.5 Å². The summed E-state index contributed by atoms with van der Waals surface area (Å²) in [6, 6.07) is 4.59. The molecule has 3 heteroatoms. The minimum atomic E-state index is 0.630. The second-order valence-corrected chi connectivity index (χ2v) is 4.32. The van der Waals surface area contributed by atoms with Crippen LogP contribution in [-0.4, -0.2) is 19.1 Å². The predicted molar refractivity (Wildman–Crippen MR) is 60.6 cm³/mol.